The summed E-state index contributed by atoms with van der Waals surface area (Å²) in [6.45, 7) is 0. The standard InChI is InChI=1S/C8H8N5O/c1-13-3-2-6(4-7(13)14)11-8-9-5-10-12-8/h2-5H,1H3,(H,11,12). The molecule has 1 aromatic rings. The zero-order valence-electron chi connectivity index (χ0n) is 7.51. The van der Waals surface area contributed by atoms with Crippen LogP contribution in [0.25, 0.3) is 0 Å². The molecule has 0 aliphatic carbocycles. The van der Waals surface area contributed by atoms with Gasteiger partial charge in [0.05, 0.1) is 0 Å². The van der Waals surface area contributed by atoms with E-state index in [1.54, 1.807) is 19.3 Å². The van der Waals surface area contributed by atoms with Crippen molar-refractivity contribution in [3.8, 4) is 0 Å². The van der Waals surface area contributed by atoms with E-state index in [1.165, 1.54) is 17.0 Å². The molecule has 1 aromatic heterocycles. The number of nitrogens with one attached hydrogen (secondary N) is 1. The SMILES string of the molecule is Cn1ccc(NC2=NN=C[N]2)cc1=O. The Bertz CT molecular complexity index is 459. The summed E-state index contributed by atoms with van der Waals surface area (Å²) in [6.07, 6.45) is 3.00. The van der Waals surface area contributed by atoms with E-state index in [9.17, 15) is 4.79 Å². The third-order valence-corrected chi connectivity index (χ3v) is 1.74. The van der Waals surface area contributed by atoms with E-state index >= 15 is 0 Å². The lowest BCUT2D eigenvalue weighted by molar-refractivity contribution is 0.861. The smallest absolute Gasteiger partial charge is 0.252 e. The van der Waals surface area contributed by atoms with Gasteiger partial charge < -0.3 is 9.88 Å². The molecule has 0 amide bonds. The van der Waals surface area contributed by atoms with Gasteiger partial charge in [-0.3, -0.25) is 4.79 Å². The van der Waals surface area contributed by atoms with Crippen LogP contribution in [0.4, 0.5) is 5.69 Å². The van der Waals surface area contributed by atoms with E-state index < -0.39 is 0 Å². The summed E-state index contributed by atoms with van der Waals surface area (Å²) in [5.41, 5.74) is 0.565. The zero-order valence-corrected chi connectivity index (χ0v) is 7.51. The zero-order chi connectivity index (χ0) is 9.97. The van der Waals surface area contributed by atoms with Gasteiger partial charge in [0.25, 0.3) is 5.56 Å². The number of aromatic nitrogens is 1. The topological polar surface area (TPSA) is 72.8 Å². The Labute approximate surface area is 80.0 Å². The van der Waals surface area contributed by atoms with Crippen LogP contribution in [0.2, 0.25) is 0 Å². The quantitative estimate of drug-likeness (QED) is 0.661. The van der Waals surface area contributed by atoms with Gasteiger partial charge in [0, 0.05) is 25.0 Å². The van der Waals surface area contributed by atoms with Crippen LogP contribution in [0, 0.1) is 0 Å². The lowest BCUT2D eigenvalue weighted by Crippen LogP contribution is -2.22. The van der Waals surface area contributed by atoms with Gasteiger partial charge in [-0.15, -0.1) is 10.2 Å². The van der Waals surface area contributed by atoms with Crippen molar-refractivity contribution >= 4 is 18.0 Å². The highest BCUT2D eigenvalue weighted by Crippen LogP contribution is 2.02. The fourth-order valence-electron chi connectivity index (χ4n) is 0.999. The first-order chi connectivity index (χ1) is 6.75. The van der Waals surface area contributed by atoms with Crippen LogP contribution in [-0.4, -0.2) is 16.9 Å². The third kappa shape index (κ3) is 1.63. The van der Waals surface area contributed by atoms with Gasteiger partial charge in [-0.05, 0) is 6.07 Å². The van der Waals surface area contributed by atoms with Crippen LogP contribution in [-0.2, 0) is 7.05 Å². The van der Waals surface area contributed by atoms with E-state index in [4.69, 9.17) is 0 Å². The van der Waals surface area contributed by atoms with Gasteiger partial charge in [-0.25, -0.2) is 0 Å². The lowest BCUT2D eigenvalue weighted by atomic mass is 10.4. The fourth-order valence-corrected chi connectivity index (χ4v) is 0.999. The van der Waals surface area contributed by atoms with Crippen molar-refractivity contribution in [2.24, 2.45) is 17.3 Å². The van der Waals surface area contributed by atoms with Gasteiger partial charge in [-0.1, -0.05) is 0 Å². The van der Waals surface area contributed by atoms with Gasteiger partial charge in [0.15, 0.2) is 0 Å². The van der Waals surface area contributed by atoms with Crippen molar-refractivity contribution in [2.75, 3.05) is 5.32 Å². The molecule has 2 heterocycles. The molecule has 1 aliphatic heterocycles. The second kappa shape index (κ2) is 3.33. The van der Waals surface area contributed by atoms with Crippen LogP contribution in [0.3, 0.4) is 0 Å². The number of hydrogen-bond donors (Lipinski definition) is 1. The van der Waals surface area contributed by atoms with Crippen molar-refractivity contribution < 1.29 is 0 Å². The van der Waals surface area contributed by atoms with E-state index in [-0.39, 0.29) is 5.56 Å². The second-order valence-corrected chi connectivity index (χ2v) is 2.77. The maximum atomic E-state index is 11.2. The first-order valence-electron chi connectivity index (χ1n) is 4.00. The molecule has 14 heavy (non-hydrogen) atoms. The molecule has 0 unspecified atom stereocenters. The van der Waals surface area contributed by atoms with E-state index in [0.29, 0.717) is 11.6 Å². The largest absolute Gasteiger partial charge is 0.323 e. The Morgan fingerprint density at radius 2 is 2.36 bits per heavy atom. The minimum Gasteiger partial charge on any atom is -0.323 e. The van der Waals surface area contributed by atoms with Gasteiger partial charge >= 0.3 is 0 Å². The molecule has 71 valence electrons. The van der Waals surface area contributed by atoms with Crippen LogP contribution >= 0.6 is 0 Å². The van der Waals surface area contributed by atoms with Crippen LogP contribution < -0.4 is 16.2 Å². The average Bonchev–Trinajstić information content (AvgIpc) is 2.64. The molecule has 0 saturated heterocycles. The Kier molecular flexibility index (Phi) is 2.02. The van der Waals surface area contributed by atoms with Crippen molar-refractivity contribution in [3.05, 3.63) is 28.7 Å². The molecular formula is C8H8N5O. The Morgan fingerprint density at radius 3 is 3.00 bits per heavy atom. The van der Waals surface area contributed by atoms with Gasteiger partial charge in [-0.2, -0.15) is 5.32 Å². The molecule has 0 atom stereocenters. The highest BCUT2D eigenvalue weighted by Gasteiger charge is 2.04. The summed E-state index contributed by atoms with van der Waals surface area (Å²) >= 11 is 0. The molecule has 0 aromatic carbocycles. The van der Waals surface area contributed by atoms with Crippen molar-refractivity contribution in [3.63, 3.8) is 0 Å². The summed E-state index contributed by atoms with van der Waals surface area (Å²) in [5, 5.41) is 13.9. The number of hydrogen-bond acceptors (Lipinski definition) is 4. The summed E-state index contributed by atoms with van der Waals surface area (Å²) < 4.78 is 1.48. The van der Waals surface area contributed by atoms with Crippen LogP contribution in [0.5, 0.6) is 0 Å². The van der Waals surface area contributed by atoms with Crippen molar-refractivity contribution in [2.45, 2.75) is 0 Å². The molecule has 0 bridgehead atoms. The predicted octanol–water partition coefficient (Wildman–Crippen LogP) is -0.286. The van der Waals surface area contributed by atoms with Crippen molar-refractivity contribution in [1.82, 2.24) is 9.88 Å². The lowest BCUT2D eigenvalue weighted by Gasteiger charge is -2.03. The fraction of sp³-hybridized carbons (Fsp3) is 0.125. The molecule has 0 saturated carbocycles. The molecule has 2 rings (SSSR count). The van der Waals surface area contributed by atoms with E-state index in [2.05, 4.69) is 20.8 Å². The minimum absolute atomic E-state index is 0.0884. The van der Waals surface area contributed by atoms with E-state index in [0.717, 1.165) is 0 Å². The van der Waals surface area contributed by atoms with E-state index in [1.807, 2.05) is 0 Å². The molecule has 1 N–H and O–H groups in total. The number of nitrogens with zero attached hydrogens (tertiary/aromatic N) is 4. The number of aryl methyl sites for hydroxylation is 1. The van der Waals surface area contributed by atoms with Gasteiger partial charge in [0.2, 0.25) is 5.96 Å². The Hall–Kier alpha value is -2.11. The molecule has 0 fully saturated rings. The van der Waals surface area contributed by atoms with Crippen LogP contribution in [0.1, 0.15) is 0 Å². The monoisotopic (exact) mass is 190 g/mol. The third-order valence-electron chi connectivity index (χ3n) is 1.74. The Morgan fingerprint density at radius 1 is 1.50 bits per heavy atom. The maximum absolute atomic E-state index is 11.2. The first-order valence-corrected chi connectivity index (χ1v) is 4.00. The first kappa shape index (κ1) is 8.49. The normalized spacial score (nSPS) is 13.6. The number of rotatable bonds is 1. The molecule has 6 heteroatoms. The van der Waals surface area contributed by atoms with Crippen molar-refractivity contribution in [1.29, 1.82) is 0 Å². The summed E-state index contributed by atoms with van der Waals surface area (Å²) in [5.74, 6) is 0.387. The number of pyridine rings is 1. The minimum atomic E-state index is -0.0884. The number of anilines is 1. The predicted molar refractivity (Wildman–Crippen MR) is 53.4 cm³/mol. The molecule has 1 aliphatic rings. The Balaban J connectivity index is 2.18. The molecular weight excluding hydrogens is 182 g/mol. The molecule has 1 radical (unpaired) electrons. The summed E-state index contributed by atoms with van der Waals surface area (Å²) in [7, 11) is 1.69. The maximum Gasteiger partial charge on any atom is 0.252 e. The number of guanidine groups is 1. The molecule has 0 spiro atoms. The average molecular weight is 190 g/mol. The highest BCUT2D eigenvalue weighted by molar-refractivity contribution is 6.01. The summed E-state index contributed by atoms with van der Waals surface area (Å²) in [4.78, 5) is 11.2. The second-order valence-electron chi connectivity index (χ2n) is 2.77. The van der Waals surface area contributed by atoms with Crippen LogP contribution in [0.15, 0.2) is 33.3 Å². The van der Waals surface area contributed by atoms with Gasteiger partial charge in [0.1, 0.15) is 6.34 Å². The molecule has 6 nitrogen and oxygen atoms in total. The highest BCUT2D eigenvalue weighted by atomic mass is 16.1. The summed E-state index contributed by atoms with van der Waals surface area (Å²) in [6, 6.07) is 3.23.